The summed E-state index contributed by atoms with van der Waals surface area (Å²) in [5, 5.41) is 22.5. The van der Waals surface area contributed by atoms with Crippen molar-refractivity contribution in [1.82, 2.24) is 0 Å². The molecule has 3 aromatic rings. The number of hydrogen-bond donors (Lipinski definition) is 2. The van der Waals surface area contributed by atoms with Crippen molar-refractivity contribution in [3.8, 4) is 0 Å². The van der Waals surface area contributed by atoms with Gasteiger partial charge in [-0.25, -0.2) is 0 Å². The molecule has 0 aliphatic carbocycles. The summed E-state index contributed by atoms with van der Waals surface area (Å²) in [5.41, 5.74) is 1.37. The molecular formula is C24H26O2. The van der Waals surface area contributed by atoms with Crippen LogP contribution in [0.5, 0.6) is 0 Å². The van der Waals surface area contributed by atoms with Gasteiger partial charge in [0.25, 0.3) is 0 Å². The summed E-state index contributed by atoms with van der Waals surface area (Å²) in [6.07, 6.45) is 1.15. The van der Waals surface area contributed by atoms with Crippen LogP contribution in [0, 0.1) is 0 Å². The standard InChI is InChI=1S/C24H26O2/c1-3-23(25,19-11-7-5-8-12-19)21-15-17-22(18-16-21)24(26,4-2)20-13-9-6-10-14-20/h5-18,25-26H,3-4H2,1-2H3. The lowest BCUT2D eigenvalue weighted by Gasteiger charge is -2.31. The Kier molecular flexibility index (Phi) is 5.26. The zero-order chi connectivity index (χ0) is 18.6. The first-order chi connectivity index (χ1) is 12.5. The molecule has 2 heteroatoms. The second-order valence-corrected chi connectivity index (χ2v) is 6.74. The van der Waals surface area contributed by atoms with Crippen molar-refractivity contribution >= 4 is 0 Å². The molecule has 0 saturated heterocycles. The first-order valence-electron chi connectivity index (χ1n) is 9.21. The van der Waals surface area contributed by atoms with Crippen LogP contribution in [0.1, 0.15) is 48.9 Å². The third-order valence-electron chi connectivity index (χ3n) is 5.37. The molecule has 0 fully saturated rings. The van der Waals surface area contributed by atoms with E-state index < -0.39 is 11.2 Å². The Labute approximate surface area is 155 Å². The Morgan fingerprint density at radius 1 is 0.500 bits per heavy atom. The predicted molar refractivity (Wildman–Crippen MR) is 106 cm³/mol. The van der Waals surface area contributed by atoms with Gasteiger partial charge in [0.05, 0.1) is 0 Å². The highest BCUT2D eigenvalue weighted by Crippen LogP contribution is 2.36. The molecule has 3 rings (SSSR count). The van der Waals surface area contributed by atoms with Crippen LogP contribution in [-0.4, -0.2) is 10.2 Å². The van der Waals surface area contributed by atoms with Crippen molar-refractivity contribution in [2.45, 2.75) is 37.9 Å². The quantitative estimate of drug-likeness (QED) is 0.661. The third kappa shape index (κ3) is 3.18. The van der Waals surface area contributed by atoms with Crippen molar-refractivity contribution in [2.75, 3.05) is 0 Å². The van der Waals surface area contributed by atoms with E-state index in [-0.39, 0.29) is 0 Å². The smallest absolute Gasteiger partial charge is 0.114 e. The molecular weight excluding hydrogens is 320 g/mol. The van der Waals surface area contributed by atoms with Crippen molar-refractivity contribution in [1.29, 1.82) is 0 Å². The summed E-state index contributed by atoms with van der Waals surface area (Å²) in [4.78, 5) is 0. The van der Waals surface area contributed by atoms with Crippen molar-refractivity contribution < 1.29 is 10.2 Å². The van der Waals surface area contributed by atoms with Crippen LogP contribution in [0.25, 0.3) is 0 Å². The van der Waals surface area contributed by atoms with E-state index >= 15 is 0 Å². The number of hydrogen-bond acceptors (Lipinski definition) is 2. The molecule has 2 nitrogen and oxygen atoms in total. The highest BCUT2D eigenvalue weighted by atomic mass is 16.3. The fraction of sp³-hybridized carbons (Fsp3) is 0.250. The number of benzene rings is 3. The predicted octanol–water partition coefficient (Wildman–Crippen LogP) is 4.98. The fourth-order valence-corrected chi connectivity index (χ4v) is 3.60. The molecule has 0 aliphatic rings. The molecule has 0 spiro atoms. The first kappa shape index (κ1) is 18.4. The SMILES string of the molecule is CCC(O)(c1ccccc1)c1ccc(C(O)(CC)c2ccccc2)cc1. The maximum Gasteiger partial charge on any atom is 0.114 e. The molecule has 0 amide bonds. The van der Waals surface area contributed by atoms with Gasteiger partial charge in [-0.1, -0.05) is 98.8 Å². The Balaban J connectivity index is 2.00. The summed E-state index contributed by atoms with van der Waals surface area (Å²) in [7, 11) is 0. The first-order valence-corrected chi connectivity index (χ1v) is 9.21. The van der Waals surface area contributed by atoms with E-state index in [1.54, 1.807) is 0 Å². The summed E-state index contributed by atoms with van der Waals surface area (Å²) in [6, 6.07) is 27.2. The molecule has 26 heavy (non-hydrogen) atoms. The molecule has 2 atom stereocenters. The van der Waals surface area contributed by atoms with Gasteiger partial charge in [-0.05, 0) is 35.1 Å². The molecule has 0 aliphatic heterocycles. The van der Waals surface area contributed by atoms with E-state index in [1.165, 1.54) is 0 Å². The van der Waals surface area contributed by atoms with E-state index in [4.69, 9.17) is 0 Å². The summed E-state index contributed by atoms with van der Waals surface area (Å²) < 4.78 is 0. The van der Waals surface area contributed by atoms with Crippen LogP contribution < -0.4 is 0 Å². The second-order valence-electron chi connectivity index (χ2n) is 6.74. The van der Waals surface area contributed by atoms with Gasteiger partial charge in [-0.3, -0.25) is 0 Å². The lowest BCUT2D eigenvalue weighted by Crippen LogP contribution is -2.28. The lowest BCUT2D eigenvalue weighted by atomic mass is 9.80. The van der Waals surface area contributed by atoms with E-state index in [2.05, 4.69) is 0 Å². The zero-order valence-corrected chi connectivity index (χ0v) is 15.4. The van der Waals surface area contributed by atoms with Gasteiger partial charge < -0.3 is 10.2 Å². The van der Waals surface area contributed by atoms with E-state index in [9.17, 15) is 10.2 Å². The Bertz CT molecular complexity index is 755. The highest BCUT2D eigenvalue weighted by molar-refractivity contribution is 5.41. The van der Waals surface area contributed by atoms with Crippen LogP contribution in [0.4, 0.5) is 0 Å². The molecule has 0 heterocycles. The molecule has 0 bridgehead atoms. The highest BCUT2D eigenvalue weighted by Gasteiger charge is 2.32. The topological polar surface area (TPSA) is 40.5 Å². The van der Waals surface area contributed by atoms with Gasteiger partial charge in [0.15, 0.2) is 0 Å². The minimum Gasteiger partial charge on any atom is -0.380 e. The molecule has 3 aromatic carbocycles. The lowest BCUT2D eigenvalue weighted by molar-refractivity contribution is 0.0726. The van der Waals surface area contributed by atoms with Crippen molar-refractivity contribution in [2.24, 2.45) is 0 Å². The van der Waals surface area contributed by atoms with Gasteiger partial charge in [0.2, 0.25) is 0 Å². The van der Waals surface area contributed by atoms with Crippen LogP contribution in [0.2, 0.25) is 0 Å². The molecule has 2 unspecified atom stereocenters. The van der Waals surface area contributed by atoms with Gasteiger partial charge in [-0.2, -0.15) is 0 Å². The van der Waals surface area contributed by atoms with Crippen LogP contribution in [-0.2, 0) is 11.2 Å². The molecule has 134 valence electrons. The van der Waals surface area contributed by atoms with E-state index in [0.29, 0.717) is 12.8 Å². The maximum absolute atomic E-state index is 11.3. The van der Waals surface area contributed by atoms with Gasteiger partial charge >= 0.3 is 0 Å². The van der Waals surface area contributed by atoms with Gasteiger partial charge in [-0.15, -0.1) is 0 Å². The number of aliphatic hydroxyl groups is 2. The largest absolute Gasteiger partial charge is 0.380 e. The average molecular weight is 346 g/mol. The minimum absolute atomic E-state index is 0.576. The Morgan fingerprint density at radius 2 is 0.769 bits per heavy atom. The molecule has 0 radical (unpaired) electrons. The van der Waals surface area contributed by atoms with E-state index in [1.807, 2.05) is 98.8 Å². The third-order valence-corrected chi connectivity index (χ3v) is 5.37. The van der Waals surface area contributed by atoms with Gasteiger partial charge in [0, 0.05) is 0 Å². The summed E-state index contributed by atoms with van der Waals surface area (Å²) in [5.74, 6) is 0. The summed E-state index contributed by atoms with van der Waals surface area (Å²) in [6.45, 7) is 3.96. The fourth-order valence-electron chi connectivity index (χ4n) is 3.60. The monoisotopic (exact) mass is 346 g/mol. The average Bonchev–Trinajstić information content (AvgIpc) is 2.74. The van der Waals surface area contributed by atoms with Crippen LogP contribution >= 0.6 is 0 Å². The number of rotatable bonds is 6. The Hall–Kier alpha value is -2.42. The van der Waals surface area contributed by atoms with E-state index in [0.717, 1.165) is 22.3 Å². The minimum atomic E-state index is -1.03. The summed E-state index contributed by atoms with van der Waals surface area (Å²) >= 11 is 0. The van der Waals surface area contributed by atoms with Gasteiger partial charge in [0.1, 0.15) is 11.2 Å². The molecule has 0 saturated carbocycles. The Morgan fingerprint density at radius 3 is 1.04 bits per heavy atom. The second kappa shape index (κ2) is 7.45. The van der Waals surface area contributed by atoms with Crippen molar-refractivity contribution in [3.05, 3.63) is 107 Å². The van der Waals surface area contributed by atoms with Crippen LogP contribution in [0.3, 0.4) is 0 Å². The normalized spacial score (nSPS) is 15.8. The molecule has 2 N–H and O–H groups in total. The van der Waals surface area contributed by atoms with Crippen LogP contribution in [0.15, 0.2) is 84.9 Å². The maximum atomic E-state index is 11.3. The van der Waals surface area contributed by atoms with Crippen molar-refractivity contribution in [3.63, 3.8) is 0 Å². The molecule has 0 aromatic heterocycles. The zero-order valence-electron chi connectivity index (χ0n) is 15.4.